The van der Waals surface area contributed by atoms with Crippen LogP contribution in [0, 0.1) is 10.1 Å². The molecule has 78 valence electrons. The molecule has 0 spiro atoms. The van der Waals surface area contributed by atoms with Crippen molar-refractivity contribution < 1.29 is 9.66 Å². The highest BCUT2D eigenvalue weighted by Crippen LogP contribution is 2.15. The normalized spacial score (nSPS) is 10.5. The van der Waals surface area contributed by atoms with Crippen LogP contribution in [-0.2, 0) is 0 Å². The van der Waals surface area contributed by atoms with E-state index in [0.717, 1.165) is 10.7 Å². The SMILES string of the molecule is CCOc1ccc2ncc([N+](=O)[O-])n2n1. The van der Waals surface area contributed by atoms with Gasteiger partial charge in [-0.2, -0.15) is 0 Å². The maximum atomic E-state index is 10.6. The van der Waals surface area contributed by atoms with Crippen molar-refractivity contribution in [2.75, 3.05) is 6.61 Å². The first-order chi connectivity index (χ1) is 7.22. The Kier molecular flexibility index (Phi) is 2.20. The molecule has 0 N–H and O–H groups in total. The standard InChI is InChI=1S/C8H8N4O3/c1-2-15-7-4-3-6-9-5-8(12(13)14)11(6)10-7/h3-5H,2H2,1H3. The average molecular weight is 208 g/mol. The first-order valence-electron chi connectivity index (χ1n) is 4.34. The summed E-state index contributed by atoms with van der Waals surface area (Å²) < 4.78 is 6.28. The van der Waals surface area contributed by atoms with Gasteiger partial charge in [0.1, 0.15) is 6.20 Å². The molecule has 0 aliphatic carbocycles. The fourth-order valence-corrected chi connectivity index (χ4v) is 1.19. The zero-order valence-corrected chi connectivity index (χ0v) is 7.95. The minimum Gasteiger partial charge on any atom is -0.476 e. The molecule has 0 atom stereocenters. The fourth-order valence-electron chi connectivity index (χ4n) is 1.19. The summed E-state index contributed by atoms with van der Waals surface area (Å²) in [5.74, 6) is 0.164. The molecule has 0 amide bonds. The summed E-state index contributed by atoms with van der Waals surface area (Å²) in [4.78, 5) is 13.9. The quantitative estimate of drug-likeness (QED) is 0.555. The van der Waals surface area contributed by atoms with Gasteiger partial charge in [-0.1, -0.05) is 4.52 Å². The van der Waals surface area contributed by atoms with Crippen molar-refractivity contribution in [3.8, 4) is 5.88 Å². The predicted octanol–water partition coefficient (Wildman–Crippen LogP) is 1.04. The molecule has 2 aromatic heterocycles. The van der Waals surface area contributed by atoms with Gasteiger partial charge < -0.3 is 14.9 Å². The molecule has 0 aromatic carbocycles. The van der Waals surface area contributed by atoms with Gasteiger partial charge in [-0.05, 0) is 16.9 Å². The highest BCUT2D eigenvalue weighted by atomic mass is 16.6. The summed E-state index contributed by atoms with van der Waals surface area (Å²) >= 11 is 0. The minimum absolute atomic E-state index is 0.174. The highest BCUT2D eigenvalue weighted by Gasteiger charge is 2.15. The second-order valence-electron chi connectivity index (χ2n) is 2.75. The van der Waals surface area contributed by atoms with Crippen LogP contribution in [0.4, 0.5) is 5.82 Å². The summed E-state index contributed by atoms with van der Waals surface area (Å²) in [6, 6.07) is 3.24. The van der Waals surface area contributed by atoms with Crippen LogP contribution in [0.1, 0.15) is 6.92 Å². The lowest BCUT2D eigenvalue weighted by Gasteiger charge is -1.98. The number of rotatable bonds is 3. The van der Waals surface area contributed by atoms with Crippen molar-refractivity contribution in [3.63, 3.8) is 0 Å². The van der Waals surface area contributed by atoms with Crippen molar-refractivity contribution in [3.05, 3.63) is 28.4 Å². The zero-order valence-electron chi connectivity index (χ0n) is 7.95. The molecule has 2 rings (SSSR count). The molecule has 2 heterocycles. The molecule has 0 fully saturated rings. The highest BCUT2D eigenvalue weighted by molar-refractivity contribution is 5.43. The summed E-state index contributed by atoms with van der Waals surface area (Å²) in [5, 5.41) is 14.5. The van der Waals surface area contributed by atoms with E-state index in [0.29, 0.717) is 18.1 Å². The Labute approximate surface area is 84.5 Å². The Morgan fingerprint density at radius 3 is 3.07 bits per heavy atom. The molecular weight excluding hydrogens is 200 g/mol. The van der Waals surface area contributed by atoms with Crippen molar-refractivity contribution in [1.29, 1.82) is 0 Å². The Morgan fingerprint density at radius 1 is 1.60 bits per heavy atom. The van der Waals surface area contributed by atoms with Gasteiger partial charge in [0.25, 0.3) is 5.88 Å². The van der Waals surface area contributed by atoms with Crippen LogP contribution in [0.5, 0.6) is 5.88 Å². The van der Waals surface area contributed by atoms with E-state index in [9.17, 15) is 10.1 Å². The van der Waals surface area contributed by atoms with E-state index < -0.39 is 4.92 Å². The van der Waals surface area contributed by atoms with Gasteiger partial charge >= 0.3 is 5.82 Å². The number of nitro groups is 1. The number of hydrogen-bond acceptors (Lipinski definition) is 5. The first kappa shape index (κ1) is 9.38. The van der Waals surface area contributed by atoms with Gasteiger partial charge in [-0.3, -0.25) is 0 Å². The maximum Gasteiger partial charge on any atom is 0.368 e. The smallest absolute Gasteiger partial charge is 0.368 e. The van der Waals surface area contributed by atoms with Crippen LogP contribution in [0.15, 0.2) is 18.3 Å². The topological polar surface area (TPSA) is 82.6 Å². The molecule has 15 heavy (non-hydrogen) atoms. The molecular formula is C8H8N4O3. The summed E-state index contributed by atoms with van der Waals surface area (Å²) in [6.45, 7) is 2.27. The Balaban J connectivity index is 2.56. The van der Waals surface area contributed by atoms with E-state index >= 15 is 0 Å². The van der Waals surface area contributed by atoms with E-state index in [1.807, 2.05) is 6.92 Å². The largest absolute Gasteiger partial charge is 0.476 e. The molecule has 7 nitrogen and oxygen atoms in total. The van der Waals surface area contributed by atoms with Gasteiger partial charge in [0, 0.05) is 12.1 Å². The molecule has 2 aromatic rings. The Hall–Kier alpha value is -2.18. The maximum absolute atomic E-state index is 10.6. The summed E-state index contributed by atoms with van der Waals surface area (Å²) in [6.07, 6.45) is 1.16. The van der Waals surface area contributed by atoms with Gasteiger partial charge in [-0.25, -0.2) is 4.98 Å². The van der Waals surface area contributed by atoms with Crippen molar-refractivity contribution in [1.82, 2.24) is 14.6 Å². The van der Waals surface area contributed by atoms with Crippen LogP contribution in [0.3, 0.4) is 0 Å². The van der Waals surface area contributed by atoms with Gasteiger partial charge in [0.05, 0.1) is 6.61 Å². The van der Waals surface area contributed by atoms with Crippen molar-refractivity contribution in [2.45, 2.75) is 6.92 Å². The van der Waals surface area contributed by atoms with E-state index in [1.165, 1.54) is 0 Å². The monoisotopic (exact) mass is 208 g/mol. The van der Waals surface area contributed by atoms with Gasteiger partial charge in [0.2, 0.25) is 5.65 Å². The van der Waals surface area contributed by atoms with Crippen LogP contribution in [0.25, 0.3) is 5.65 Å². The second kappa shape index (κ2) is 3.52. The van der Waals surface area contributed by atoms with E-state index in [2.05, 4.69) is 10.1 Å². The summed E-state index contributed by atoms with van der Waals surface area (Å²) in [7, 11) is 0. The van der Waals surface area contributed by atoms with Crippen LogP contribution < -0.4 is 4.74 Å². The lowest BCUT2D eigenvalue weighted by atomic mass is 10.5. The van der Waals surface area contributed by atoms with Crippen LogP contribution >= 0.6 is 0 Å². The Morgan fingerprint density at radius 2 is 2.40 bits per heavy atom. The Bertz CT molecular complexity index is 508. The van der Waals surface area contributed by atoms with E-state index in [-0.39, 0.29) is 5.82 Å². The molecule has 0 unspecified atom stereocenters. The fraction of sp³-hybridized carbons (Fsp3) is 0.250. The lowest BCUT2D eigenvalue weighted by molar-refractivity contribution is -0.391. The lowest BCUT2D eigenvalue weighted by Crippen LogP contribution is -2.01. The first-order valence-corrected chi connectivity index (χ1v) is 4.34. The third kappa shape index (κ3) is 1.58. The molecule has 7 heteroatoms. The number of aromatic nitrogens is 3. The third-order valence-corrected chi connectivity index (χ3v) is 1.80. The third-order valence-electron chi connectivity index (χ3n) is 1.80. The molecule has 0 saturated carbocycles. The van der Waals surface area contributed by atoms with E-state index in [4.69, 9.17) is 4.74 Å². The van der Waals surface area contributed by atoms with Gasteiger partial charge in [0.15, 0.2) is 0 Å². The zero-order chi connectivity index (χ0) is 10.8. The number of fused-ring (bicyclic) bond motifs is 1. The number of imidazole rings is 1. The number of nitrogens with zero attached hydrogens (tertiary/aromatic N) is 4. The molecule has 0 bridgehead atoms. The minimum atomic E-state index is -0.539. The molecule has 0 saturated heterocycles. The second-order valence-corrected chi connectivity index (χ2v) is 2.75. The van der Waals surface area contributed by atoms with Crippen LogP contribution in [-0.4, -0.2) is 26.1 Å². The van der Waals surface area contributed by atoms with E-state index in [1.54, 1.807) is 12.1 Å². The van der Waals surface area contributed by atoms with Gasteiger partial charge in [-0.15, -0.1) is 0 Å². The van der Waals surface area contributed by atoms with Crippen LogP contribution in [0.2, 0.25) is 0 Å². The predicted molar refractivity (Wildman–Crippen MR) is 50.8 cm³/mol. The number of ether oxygens (including phenoxy) is 1. The van der Waals surface area contributed by atoms with Crippen molar-refractivity contribution >= 4 is 11.5 Å². The number of hydrogen-bond donors (Lipinski definition) is 0. The molecule has 0 aliphatic rings. The molecule has 0 radical (unpaired) electrons. The van der Waals surface area contributed by atoms with Crippen molar-refractivity contribution in [2.24, 2.45) is 0 Å². The summed E-state index contributed by atoms with van der Waals surface area (Å²) in [5.41, 5.74) is 0.421. The average Bonchev–Trinajstić information content (AvgIpc) is 2.61. The molecule has 0 aliphatic heterocycles.